The average molecular weight is 534 g/mol. The van der Waals surface area contributed by atoms with E-state index in [4.69, 9.17) is 11.6 Å². The minimum atomic E-state index is -4.07. The monoisotopic (exact) mass is 533 g/mol. The molecule has 35 heavy (non-hydrogen) atoms. The van der Waals surface area contributed by atoms with Crippen LogP contribution in [0.15, 0.2) is 88.7 Å². The van der Waals surface area contributed by atoms with E-state index in [1.807, 2.05) is 0 Å². The van der Waals surface area contributed by atoms with E-state index in [0.29, 0.717) is 10.7 Å². The molecule has 1 aliphatic rings. The van der Waals surface area contributed by atoms with Crippen LogP contribution in [0.1, 0.15) is 5.56 Å². The number of halogens is 1. The van der Waals surface area contributed by atoms with Gasteiger partial charge in [-0.2, -0.15) is 8.61 Å². The number of hydrogen-bond donors (Lipinski definition) is 1. The molecule has 4 rings (SSSR count). The Morgan fingerprint density at radius 2 is 1.43 bits per heavy atom. The van der Waals surface area contributed by atoms with Crippen molar-refractivity contribution in [1.82, 2.24) is 8.61 Å². The molecule has 1 fully saturated rings. The van der Waals surface area contributed by atoms with Crippen LogP contribution in [0.5, 0.6) is 0 Å². The van der Waals surface area contributed by atoms with Gasteiger partial charge in [-0.15, -0.1) is 0 Å². The Morgan fingerprint density at radius 3 is 2.00 bits per heavy atom. The maximum atomic E-state index is 13.4. The van der Waals surface area contributed by atoms with E-state index in [2.05, 4.69) is 5.32 Å². The lowest BCUT2D eigenvalue weighted by atomic mass is 10.2. The lowest BCUT2D eigenvalue weighted by Crippen LogP contribution is -2.60. The molecule has 1 N–H and O–H groups in total. The highest BCUT2D eigenvalue weighted by atomic mass is 35.5. The number of benzene rings is 3. The Morgan fingerprint density at radius 1 is 0.857 bits per heavy atom. The Kier molecular flexibility index (Phi) is 7.30. The van der Waals surface area contributed by atoms with Gasteiger partial charge in [0.15, 0.2) is 0 Å². The second kappa shape index (κ2) is 10.1. The van der Waals surface area contributed by atoms with Crippen LogP contribution in [0, 0.1) is 6.92 Å². The van der Waals surface area contributed by atoms with Gasteiger partial charge in [-0.3, -0.25) is 4.79 Å². The smallest absolute Gasteiger partial charge is 0.244 e. The summed E-state index contributed by atoms with van der Waals surface area (Å²) in [5.41, 5.74) is 1.16. The summed E-state index contributed by atoms with van der Waals surface area (Å²) in [5.74, 6) is -0.640. The standard InChI is InChI=1S/C24H24ClN3O5S2/c1-18-16-19(12-13-22(18)25)26-24(29)23-17-27(34(30,31)20-8-4-2-5-9-20)14-15-28(23)35(32,33)21-10-6-3-7-11-21/h2-13,16,23H,14-15,17H2,1H3,(H,26,29)/t23-/m0/s1. The number of carbonyl (C=O) groups excluding carboxylic acids is 1. The van der Waals surface area contributed by atoms with Crippen molar-refractivity contribution in [3.05, 3.63) is 89.4 Å². The van der Waals surface area contributed by atoms with Crippen molar-refractivity contribution in [2.75, 3.05) is 25.0 Å². The van der Waals surface area contributed by atoms with Crippen molar-refractivity contribution in [2.24, 2.45) is 0 Å². The molecule has 11 heteroatoms. The second-order valence-electron chi connectivity index (χ2n) is 8.07. The van der Waals surface area contributed by atoms with Crippen LogP contribution in [0.3, 0.4) is 0 Å². The molecule has 184 valence electrons. The SMILES string of the molecule is Cc1cc(NC(=O)[C@@H]2CN(S(=O)(=O)c3ccccc3)CCN2S(=O)(=O)c2ccccc2)ccc1Cl. The highest BCUT2D eigenvalue weighted by Crippen LogP contribution is 2.27. The lowest BCUT2D eigenvalue weighted by molar-refractivity contribution is -0.120. The first-order chi connectivity index (χ1) is 16.6. The summed E-state index contributed by atoms with van der Waals surface area (Å²) < 4.78 is 55.6. The van der Waals surface area contributed by atoms with Crippen LogP contribution in [0.2, 0.25) is 5.02 Å². The zero-order valence-corrected chi connectivity index (χ0v) is 21.2. The minimum Gasteiger partial charge on any atom is -0.325 e. The molecule has 0 radical (unpaired) electrons. The Labute approximate surface area is 210 Å². The van der Waals surface area contributed by atoms with Crippen molar-refractivity contribution < 1.29 is 21.6 Å². The van der Waals surface area contributed by atoms with E-state index in [1.165, 1.54) is 24.3 Å². The normalized spacial score (nSPS) is 17.7. The van der Waals surface area contributed by atoms with Gasteiger partial charge in [-0.1, -0.05) is 48.0 Å². The molecule has 8 nitrogen and oxygen atoms in total. The molecule has 1 atom stereocenters. The number of sulfonamides is 2. The Hall–Kier alpha value is -2.76. The van der Waals surface area contributed by atoms with Crippen molar-refractivity contribution in [1.29, 1.82) is 0 Å². The molecule has 0 spiro atoms. The van der Waals surface area contributed by atoms with Gasteiger partial charge in [0.1, 0.15) is 6.04 Å². The van der Waals surface area contributed by atoms with Gasteiger partial charge in [-0.25, -0.2) is 16.8 Å². The second-order valence-corrected chi connectivity index (χ2v) is 12.3. The molecule has 0 unspecified atom stereocenters. The van der Waals surface area contributed by atoms with E-state index in [0.717, 1.165) is 14.2 Å². The summed E-state index contributed by atoms with van der Waals surface area (Å²) in [6.07, 6.45) is 0. The fourth-order valence-electron chi connectivity index (χ4n) is 3.88. The summed E-state index contributed by atoms with van der Waals surface area (Å²) in [5, 5.41) is 3.24. The van der Waals surface area contributed by atoms with Gasteiger partial charge in [0.2, 0.25) is 26.0 Å². The molecule has 3 aromatic rings. The van der Waals surface area contributed by atoms with Crippen molar-refractivity contribution in [3.8, 4) is 0 Å². The molecule has 1 heterocycles. The third kappa shape index (κ3) is 5.26. The van der Waals surface area contributed by atoms with Crippen LogP contribution >= 0.6 is 11.6 Å². The van der Waals surface area contributed by atoms with Crippen LogP contribution in [0.4, 0.5) is 5.69 Å². The number of nitrogens with zero attached hydrogens (tertiary/aromatic N) is 2. The third-order valence-corrected chi connectivity index (χ3v) is 9.98. The number of aryl methyl sites for hydroxylation is 1. The fraction of sp³-hybridized carbons (Fsp3) is 0.208. The quantitative estimate of drug-likeness (QED) is 0.523. The fourth-order valence-corrected chi connectivity index (χ4v) is 7.05. The molecule has 1 saturated heterocycles. The summed E-state index contributed by atoms with van der Waals surface area (Å²) >= 11 is 6.07. The number of nitrogens with one attached hydrogen (secondary N) is 1. The highest BCUT2D eigenvalue weighted by Gasteiger charge is 2.43. The molecule has 3 aromatic carbocycles. The summed E-state index contributed by atoms with van der Waals surface area (Å²) in [6, 6.07) is 19.2. The van der Waals surface area contributed by atoms with Crippen molar-refractivity contribution in [3.63, 3.8) is 0 Å². The topological polar surface area (TPSA) is 104 Å². The van der Waals surface area contributed by atoms with Crippen LogP contribution in [0.25, 0.3) is 0 Å². The van der Waals surface area contributed by atoms with E-state index in [9.17, 15) is 21.6 Å². The number of piperazine rings is 1. The van der Waals surface area contributed by atoms with Gasteiger partial charge in [0.25, 0.3) is 0 Å². The first-order valence-corrected chi connectivity index (χ1v) is 14.1. The minimum absolute atomic E-state index is 0.0273. The molecule has 0 saturated carbocycles. The van der Waals surface area contributed by atoms with Crippen LogP contribution in [-0.4, -0.2) is 57.0 Å². The molecular weight excluding hydrogens is 510 g/mol. The van der Waals surface area contributed by atoms with Gasteiger partial charge >= 0.3 is 0 Å². The van der Waals surface area contributed by atoms with E-state index in [-0.39, 0.29) is 29.4 Å². The number of rotatable bonds is 6. The predicted octanol–water partition coefficient (Wildman–Crippen LogP) is 3.35. The molecular formula is C24H24ClN3O5S2. The van der Waals surface area contributed by atoms with Gasteiger partial charge in [0.05, 0.1) is 9.79 Å². The number of amides is 1. The highest BCUT2D eigenvalue weighted by molar-refractivity contribution is 7.89. The summed E-state index contributed by atoms with van der Waals surface area (Å²) in [4.78, 5) is 13.5. The number of hydrogen-bond acceptors (Lipinski definition) is 5. The summed E-state index contributed by atoms with van der Waals surface area (Å²) in [7, 11) is -8.00. The van der Waals surface area contributed by atoms with Crippen LogP contribution < -0.4 is 5.32 Å². The van der Waals surface area contributed by atoms with Gasteiger partial charge in [-0.05, 0) is 55.0 Å². The predicted molar refractivity (Wildman–Crippen MR) is 134 cm³/mol. The van der Waals surface area contributed by atoms with E-state index < -0.39 is 32.0 Å². The zero-order chi connectivity index (χ0) is 25.2. The first-order valence-electron chi connectivity index (χ1n) is 10.8. The Balaban J connectivity index is 1.69. The van der Waals surface area contributed by atoms with Crippen molar-refractivity contribution in [2.45, 2.75) is 22.8 Å². The molecule has 0 bridgehead atoms. The summed E-state index contributed by atoms with van der Waals surface area (Å²) in [6.45, 7) is 1.18. The maximum Gasteiger partial charge on any atom is 0.244 e. The van der Waals surface area contributed by atoms with E-state index in [1.54, 1.807) is 61.5 Å². The average Bonchev–Trinajstić information content (AvgIpc) is 2.87. The molecule has 1 amide bonds. The lowest BCUT2D eigenvalue weighted by Gasteiger charge is -2.38. The van der Waals surface area contributed by atoms with Crippen LogP contribution in [-0.2, 0) is 24.8 Å². The van der Waals surface area contributed by atoms with Crippen molar-refractivity contribution >= 4 is 43.2 Å². The third-order valence-electron chi connectivity index (χ3n) is 5.75. The van der Waals surface area contributed by atoms with Gasteiger partial charge < -0.3 is 5.32 Å². The molecule has 1 aliphatic heterocycles. The van der Waals surface area contributed by atoms with Gasteiger partial charge in [0, 0.05) is 30.3 Å². The largest absolute Gasteiger partial charge is 0.325 e. The number of anilines is 1. The van der Waals surface area contributed by atoms with E-state index >= 15 is 0 Å². The zero-order valence-electron chi connectivity index (χ0n) is 18.8. The number of carbonyl (C=O) groups is 1. The molecule has 0 aromatic heterocycles. The molecule has 0 aliphatic carbocycles. The maximum absolute atomic E-state index is 13.4. The Bertz CT molecular complexity index is 1430. The first kappa shape index (κ1) is 25.3.